The van der Waals surface area contributed by atoms with Crippen LogP contribution in [-0.4, -0.2) is 4.57 Å². The van der Waals surface area contributed by atoms with Crippen LogP contribution in [-0.2, 0) is 18.1 Å². The molecule has 198 valence electrons. The first-order valence-corrected chi connectivity index (χ1v) is 14.7. The predicted octanol–water partition coefficient (Wildman–Crippen LogP) is 7.05. The summed E-state index contributed by atoms with van der Waals surface area (Å²) in [7, 11) is 2.15. The van der Waals surface area contributed by atoms with Gasteiger partial charge in [-0.05, 0) is 47.5 Å². The van der Waals surface area contributed by atoms with Crippen molar-refractivity contribution >= 4 is 17.2 Å². The van der Waals surface area contributed by atoms with Gasteiger partial charge in [-0.2, -0.15) is 14.0 Å². The van der Waals surface area contributed by atoms with Crippen molar-refractivity contribution < 1.29 is 13.9 Å². The summed E-state index contributed by atoms with van der Waals surface area (Å²) < 4.78 is 14.2. The van der Waals surface area contributed by atoms with E-state index >= 15 is 0 Å². The van der Waals surface area contributed by atoms with E-state index in [-0.39, 0.29) is 5.41 Å². The molecule has 1 atom stereocenters. The first-order valence-electron chi connectivity index (χ1n) is 14.7. The molecule has 1 unspecified atom stereocenters. The van der Waals surface area contributed by atoms with Gasteiger partial charge >= 0.3 is 5.66 Å². The first kappa shape index (κ1) is 21.6. The molecule has 0 saturated heterocycles. The summed E-state index contributed by atoms with van der Waals surface area (Å²) in [6.07, 6.45) is 6.74. The molecule has 5 nitrogen and oxygen atoms in total. The van der Waals surface area contributed by atoms with E-state index in [2.05, 4.69) is 143 Å². The van der Waals surface area contributed by atoms with E-state index in [1.54, 1.807) is 0 Å². The Bertz CT molecular complexity index is 2290. The Hall–Kier alpha value is -5.16. The maximum absolute atomic E-state index is 6.88. The minimum Gasteiger partial charge on any atom is -0.456 e. The second-order valence-electron chi connectivity index (χ2n) is 12.7. The Morgan fingerprint density at radius 1 is 0.619 bits per heavy atom. The van der Waals surface area contributed by atoms with Crippen LogP contribution in [0.2, 0.25) is 0 Å². The van der Waals surface area contributed by atoms with E-state index in [1.165, 1.54) is 73.1 Å². The number of rotatable bonds is 0. The lowest BCUT2D eigenvalue weighted by Gasteiger charge is -2.45. The highest BCUT2D eigenvalue weighted by molar-refractivity contribution is 6.06. The molecule has 42 heavy (non-hydrogen) atoms. The van der Waals surface area contributed by atoms with Gasteiger partial charge in [0.1, 0.15) is 40.7 Å². The zero-order chi connectivity index (χ0) is 27.7. The van der Waals surface area contributed by atoms with E-state index in [0.29, 0.717) is 0 Å². The van der Waals surface area contributed by atoms with E-state index in [1.807, 2.05) is 0 Å². The molecule has 2 aromatic heterocycles. The molecular weight excluding hydrogens is 516 g/mol. The van der Waals surface area contributed by atoms with Crippen LogP contribution in [0.25, 0.3) is 33.6 Å². The minimum absolute atomic E-state index is 0.207. The number of para-hydroxylation sites is 1. The van der Waals surface area contributed by atoms with Gasteiger partial charge in [0.05, 0.1) is 24.4 Å². The van der Waals surface area contributed by atoms with Crippen molar-refractivity contribution in [3.05, 3.63) is 126 Å². The quantitative estimate of drug-likeness (QED) is 0.192. The van der Waals surface area contributed by atoms with Crippen LogP contribution >= 0.6 is 0 Å². The van der Waals surface area contributed by atoms with Crippen molar-refractivity contribution in [3.63, 3.8) is 0 Å². The molecule has 0 radical (unpaired) electrons. The van der Waals surface area contributed by atoms with E-state index in [0.717, 1.165) is 11.5 Å². The maximum Gasteiger partial charge on any atom is 0.318 e. The number of pyridine rings is 1. The van der Waals surface area contributed by atoms with Gasteiger partial charge in [-0.15, -0.1) is 0 Å². The number of benzene rings is 4. The third kappa shape index (κ3) is 1.98. The molecule has 5 aliphatic heterocycles. The van der Waals surface area contributed by atoms with Crippen molar-refractivity contribution in [2.24, 2.45) is 7.05 Å². The number of aromatic nitrogens is 3. The average Bonchev–Trinajstić information content (AvgIpc) is 3.50. The van der Waals surface area contributed by atoms with Crippen LogP contribution in [0, 0.1) is 0 Å². The Kier molecular flexibility index (Phi) is 3.34. The van der Waals surface area contributed by atoms with Gasteiger partial charge in [0.25, 0.3) is 11.6 Å². The van der Waals surface area contributed by atoms with Crippen LogP contribution in [0.4, 0.5) is 17.2 Å². The van der Waals surface area contributed by atoms with Crippen molar-refractivity contribution in [1.29, 1.82) is 0 Å². The summed E-state index contributed by atoms with van der Waals surface area (Å²) >= 11 is 0. The predicted molar refractivity (Wildman–Crippen MR) is 161 cm³/mol. The van der Waals surface area contributed by atoms with Gasteiger partial charge in [-0.3, -0.25) is 0 Å². The zero-order valence-electron chi connectivity index (χ0n) is 23.5. The normalized spacial score (nSPS) is 19.3. The highest BCUT2D eigenvalue weighted by atomic mass is 16.5. The number of ether oxygens (including phenoxy) is 1. The number of aryl methyl sites for hydroxylation is 1. The first-order chi connectivity index (χ1) is 20.5. The standard InChI is InChI=1S/C37H26N4O/c1-36(2)26-13-6-11-23-21-9-4-5-10-22(21)24-16-17-29-31-33(24)41(32(23)26)35-27(36)14-8-18-39(35)37(31)30-25(12-7-15-28(30)42-29)34-38(3)19-20-40(34)37/h4-20H,1-3H3/q+2. The molecule has 0 N–H and O–H groups in total. The van der Waals surface area contributed by atoms with Gasteiger partial charge < -0.3 is 4.74 Å². The van der Waals surface area contributed by atoms with Crippen LogP contribution in [0.3, 0.4) is 0 Å². The number of fused-ring (bicyclic) bond motifs is 5. The van der Waals surface area contributed by atoms with E-state index in [9.17, 15) is 0 Å². The van der Waals surface area contributed by atoms with Gasteiger partial charge in [0, 0.05) is 22.1 Å². The van der Waals surface area contributed by atoms with Crippen LogP contribution in [0.15, 0.2) is 104 Å². The fraction of sp³-hybridized carbons (Fsp3) is 0.135. The van der Waals surface area contributed by atoms with E-state index < -0.39 is 5.66 Å². The minimum atomic E-state index is -0.634. The van der Waals surface area contributed by atoms with Crippen molar-refractivity contribution in [2.45, 2.75) is 24.9 Å². The van der Waals surface area contributed by atoms with Crippen LogP contribution in [0.1, 0.15) is 36.1 Å². The Labute approximate surface area is 243 Å². The van der Waals surface area contributed by atoms with E-state index in [4.69, 9.17) is 4.74 Å². The largest absolute Gasteiger partial charge is 0.456 e. The molecular formula is C37H26N4O+2. The molecule has 5 aliphatic rings. The molecule has 0 bridgehead atoms. The van der Waals surface area contributed by atoms with Crippen molar-refractivity contribution in [3.8, 4) is 45.1 Å². The van der Waals surface area contributed by atoms with Crippen molar-refractivity contribution in [1.82, 2.24) is 4.57 Å². The summed E-state index contributed by atoms with van der Waals surface area (Å²) in [5, 5.41) is 0. The second-order valence-corrected chi connectivity index (χ2v) is 12.7. The lowest BCUT2D eigenvalue weighted by Crippen LogP contribution is -2.76. The highest BCUT2D eigenvalue weighted by Crippen LogP contribution is 2.65. The highest BCUT2D eigenvalue weighted by Gasteiger charge is 2.68. The molecule has 0 saturated carbocycles. The molecule has 4 aromatic carbocycles. The molecule has 11 rings (SSSR count). The summed E-state index contributed by atoms with van der Waals surface area (Å²) in [5.41, 5.74) is 13.0. The average molecular weight is 543 g/mol. The summed E-state index contributed by atoms with van der Waals surface area (Å²) in [6, 6.07) is 31.4. The molecule has 0 aliphatic carbocycles. The molecule has 0 amide bonds. The van der Waals surface area contributed by atoms with Gasteiger partial charge in [-0.25, -0.2) is 4.57 Å². The topological polar surface area (TPSA) is 25.2 Å². The third-order valence-corrected chi connectivity index (χ3v) is 10.5. The number of imidazole rings is 1. The van der Waals surface area contributed by atoms with Crippen LogP contribution in [0.5, 0.6) is 11.5 Å². The molecule has 0 fully saturated rings. The smallest absolute Gasteiger partial charge is 0.318 e. The fourth-order valence-corrected chi connectivity index (χ4v) is 8.91. The summed E-state index contributed by atoms with van der Waals surface area (Å²) in [6.45, 7) is 4.77. The number of anilines is 3. The Balaban J connectivity index is 1.46. The van der Waals surface area contributed by atoms with Crippen molar-refractivity contribution in [2.75, 3.05) is 4.90 Å². The second kappa shape index (κ2) is 6.50. The lowest BCUT2D eigenvalue weighted by atomic mass is 9.72. The Morgan fingerprint density at radius 2 is 1.33 bits per heavy atom. The number of hydrogen-bond donors (Lipinski definition) is 0. The van der Waals surface area contributed by atoms with Gasteiger partial charge in [0.2, 0.25) is 0 Å². The molecule has 6 aromatic rings. The number of nitrogens with zero attached hydrogens (tertiary/aromatic N) is 4. The zero-order valence-corrected chi connectivity index (χ0v) is 23.5. The summed E-state index contributed by atoms with van der Waals surface area (Å²) in [4.78, 5) is 2.57. The Morgan fingerprint density at radius 3 is 2.19 bits per heavy atom. The number of hydrogen-bond acceptors (Lipinski definition) is 2. The third-order valence-electron chi connectivity index (χ3n) is 10.5. The SMILES string of the molecule is Cn1cc[n+]2c1-c1cccc3c1C21c2c(ccc4c2N2c5c(cccc5C(C)(C)c5ccc[n+]1c52)-c1ccccc1-4)O3. The lowest BCUT2D eigenvalue weighted by molar-refractivity contribution is -0.959. The van der Waals surface area contributed by atoms with Gasteiger partial charge in [0.15, 0.2) is 5.69 Å². The molecule has 5 heteroatoms. The summed E-state index contributed by atoms with van der Waals surface area (Å²) in [5.74, 6) is 4.25. The van der Waals surface area contributed by atoms with Crippen LogP contribution < -0.4 is 18.8 Å². The fourth-order valence-electron chi connectivity index (χ4n) is 8.91. The van der Waals surface area contributed by atoms with Gasteiger partial charge in [-0.1, -0.05) is 62.4 Å². The maximum atomic E-state index is 6.88. The molecule has 7 heterocycles. The molecule has 1 spiro atoms. The monoisotopic (exact) mass is 542 g/mol.